The van der Waals surface area contributed by atoms with Gasteiger partial charge in [0.2, 0.25) is 5.91 Å². The van der Waals surface area contributed by atoms with Crippen molar-refractivity contribution in [3.8, 4) is 5.69 Å². The maximum atomic E-state index is 13.3. The van der Waals surface area contributed by atoms with Crippen LogP contribution in [0.3, 0.4) is 0 Å². The van der Waals surface area contributed by atoms with E-state index in [-0.39, 0.29) is 24.2 Å². The average Bonchev–Trinajstić information content (AvgIpc) is 3.40. The number of hydrogen-bond donors (Lipinski definition) is 1. The lowest BCUT2D eigenvalue weighted by atomic mass is 10.1. The first-order chi connectivity index (χ1) is 14.8. The van der Waals surface area contributed by atoms with E-state index in [9.17, 15) is 14.0 Å². The molecular formula is C22H22FN5O2S. The first kappa shape index (κ1) is 22.1. The minimum atomic E-state index is -0.342. The van der Waals surface area contributed by atoms with Crippen molar-refractivity contribution in [3.05, 3.63) is 71.3 Å². The standard InChI is InChI=1S/C22H22FN5O2S/c1-5-18(21(30)24-11-17-12-25-22(31-17)27(4)14(3)29)19-13-26-28(20(19)6-2)16-9-7-15(23)8-10-16/h5-10,12-13H,2,11H2,1,3-4H3,(H,24,30)/b18-5+. The molecule has 0 radical (unpaired) electrons. The van der Waals surface area contributed by atoms with E-state index in [1.807, 2.05) is 0 Å². The number of nitrogens with one attached hydrogen (secondary N) is 1. The molecule has 0 aliphatic carbocycles. The van der Waals surface area contributed by atoms with Crippen LogP contribution in [0.25, 0.3) is 17.3 Å². The molecule has 0 saturated carbocycles. The van der Waals surface area contributed by atoms with Crippen LogP contribution >= 0.6 is 11.3 Å². The summed E-state index contributed by atoms with van der Waals surface area (Å²) >= 11 is 1.33. The molecule has 3 rings (SSSR count). The molecule has 2 amide bonds. The number of aromatic nitrogens is 3. The third-order valence-corrected chi connectivity index (χ3v) is 5.69. The van der Waals surface area contributed by atoms with Crippen LogP contribution in [0.1, 0.15) is 30.0 Å². The van der Waals surface area contributed by atoms with Gasteiger partial charge in [0.15, 0.2) is 5.13 Å². The van der Waals surface area contributed by atoms with Gasteiger partial charge >= 0.3 is 0 Å². The normalized spacial score (nSPS) is 11.3. The predicted octanol–water partition coefficient (Wildman–Crippen LogP) is 3.81. The molecule has 0 spiro atoms. The zero-order valence-corrected chi connectivity index (χ0v) is 18.2. The van der Waals surface area contributed by atoms with Crippen LogP contribution in [-0.4, -0.2) is 33.6 Å². The number of thiazole rings is 1. The summed E-state index contributed by atoms with van der Waals surface area (Å²) in [5, 5.41) is 7.80. The lowest BCUT2D eigenvalue weighted by Crippen LogP contribution is -2.23. The quantitative estimate of drug-likeness (QED) is 0.568. The van der Waals surface area contributed by atoms with Gasteiger partial charge in [-0.3, -0.25) is 14.5 Å². The van der Waals surface area contributed by atoms with Crippen LogP contribution < -0.4 is 10.2 Å². The molecule has 31 heavy (non-hydrogen) atoms. The fraction of sp³-hybridized carbons (Fsp3) is 0.182. The summed E-state index contributed by atoms with van der Waals surface area (Å²) in [4.78, 5) is 30.8. The SMILES string of the molecule is C=Cc1c(/C(=C\C)C(=O)NCc2cnc(N(C)C(C)=O)s2)cnn1-c1ccc(F)cc1. The van der Waals surface area contributed by atoms with Crippen molar-refractivity contribution in [2.45, 2.75) is 20.4 Å². The number of carbonyl (C=O) groups is 2. The highest BCUT2D eigenvalue weighted by atomic mass is 32.1. The zero-order chi connectivity index (χ0) is 22.5. The molecule has 3 aromatic rings. The Morgan fingerprint density at radius 3 is 2.61 bits per heavy atom. The van der Waals surface area contributed by atoms with Crippen LogP contribution in [0, 0.1) is 5.82 Å². The molecule has 0 aliphatic heterocycles. The molecule has 9 heteroatoms. The fourth-order valence-electron chi connectivity index (χ4n) is 2.89. The summed E-state index contributed by atoms with van der Waals surface area (Å²) in [5.41, 5.74) is 2.33. The Kier molecular flexibility index (Phi) is 6.76. The molecule has 1 N–H and O–H groups in total. The van der Waals surface area contributed by atoms with E-state index in [4.69, 9.17) is 0 Å². The van der Waals surface area contributed by atoms with E-state index in [1.165, 1.54) is 35.3 Å². The molecular weight excluding hydrogens is 417 g/mol. The van der Waals surface area contributed by atoms with E-state index in [0.717, 1.165) is 4.88 Å². The van der Waals surface area contributed by atoms with Crippen molar-refractivity contribution in [1.29, 1.82) is 0 Å². The second kappa shape index (κ2) is 9.48. The molecule has 7 nitrogen and oxygen atoms in total. The number of amides is 2. The van der Waals surface area contributed by atoms with E-state index in [0.29, 0.717) is 27.6 Å². The van der Waals surface area contributed by atoms with E-state index in [2.05, 4.69) is 22.0 Å². The van der Waals surface area contributed by atoms with E-state index >= 15 is 0 Å². The van der Waals surface area contributed by atoms with Gasteiger partial charge in [-0.25, -0.2) is 14.1 Å². The van der Waals surface area contributed by atoms with Crippen molar-refractivity contribution < 1.29 is 14.0 Å². The van der Waals surface area contributed by atoms with Crippen molar-refractivity contribution in [2.24, 2.45) is 0 Å². The summed E-state index contributed by atoms with van der Waals surface area (Å²) in [6, 6.07) is 5.90. The molecule has 0 saturated heterocycles. The first-order valence-electron chi connectivity index (χ1n) is 9.46. The lowest BCUT2D eigenvalue weighted by molar-refractivity contribution is -0.116. The molecule has 0 aliphatic rings. The van der Waals surface area contributed by atoms with Gasteiger partial charge in [0.05, 0.1) is 24.1 Å². The molecule has 0 fully saturated rings. The van der Waals surface area contributed by atoms with Gasteiger partial charge in [-0.05, 0) is 37.3 Å². The topological polar surface area (TPSA) is 80.1 Å². The van der Waals surface area contributed by atoms with Crippen LogP contribution in [0.5, 0.6) is 0 Å². The van der Waals surface area contributed by atoms with Crippen LogP contribution in [0.2, 0.25) is 0 Å². The number of anilines is 1. The summed E-state index contributed by atoms with van der Waals surface area (Å²) in [5.74, 6) is -0.735. The third-order valence-electron chi connectivity index (χ3n) is 4.62. The van der Waals surface area contributed by atoms with Gasteiger partial charge in [0, 0.05) is 36.2 Å². The Labute approximate surface area is 183 Å². The maximum Gasteiger partial charge on any atom is 0.251 e. The van der Waals surface area contributed by atoms with Crippen molar-refractivity contribution >= 4 is 39.9 Å². The molecule has 2 aromatic heterocycles. The van der Waals surface area contributed by atoms with Crippen LogP contribution in [0.15, 0.2) is 49.3 Å². The molecule has 0 bridgehead atoms. The van der Waals surface area contributed by atoms with Gasteiger partial charge < -0.3 is 5.32 Å². The van der Waals surface area contributed by atoms with Gasteiger partial charge in [0.1, 0.15) is 5.82 Å². The van der Waals surface area contributed by atoms with Gasteiger partial charge in [-0.1, -0.05) is 24.0 Å². The lowest BCUT2D eigenvalue weighted by Gasteiger charge is -2.10. The van der Waals surface area contributed by atoms with E-state index < -0.39 is 0 Å². The highest BCUT2D eigenvalue weighted by molar-refractivity contribution is 7.15. The fourth-order valence-corrected chi connectivity index (χ4v) is 3.75. The second-order valence-corrected chi connectivity index (χ2v) is 7.70. The molecule has 1 aromatic carbocycles. The summed E-state index contributed by atoms with van der Waals surface area (Å²) in [7, 11) is 1.65. The largest absolute Gasteiger partial charge is 0.347 e. The Balaban J connectivity index is 1.78. The Morgan fingerprint density at radius 1 is 1.29 bits per heavy atom. The number of rotatable bonds is 7. The van der Waals surface area contributed by atoms with Crippen molar-refractivity contribution in [3.63, 3.8) is 0 Å². The van der Waals surface area contributed by atoms with E-state index in [1.54, 1.807) is 55.3 Å². The van der Waals surface area contributed by atoms with Crippen molar-refractivity contribution in [1.82, 2.24) is 20.1 Å². The number of hydrogen-bond acceptors (Lipinski definition) is 5. The smallest absolute Gasteiger partial charge is 0.251 e. The predicted molar refractivity (Wildman–Crippen MR) is 120 cm³/mol. The van der Waals surface area contributed by atoms with Crippen molar-refractivity contribution in [2.75, 3.05) is 11.9 Å². The number of carbonyl (C=O) groups excluding carboxylic acids is 2. The highest BCUT2D eigenvalue weighted by Crippen LogP contribution is 2.25. The maximum absolute atomic E-state index is 13.3. The highest BCUT2D eigenvalue weighted by Gasteiger charge is 2.19. The van der Waals surface area contributed by atoms with Crippen LogP contribution in [-0.2, 0) is 16.1 Å². The molecule has 0 unspecified atom stereocenters. The Bertz CT molecular complexity index is 1150. The van der Waals surface area contributed by atoms with Gasteiger partial charge in [-0.2, -0.15) is 5.10 Å². The summed E-state index contributed by atoms with van der Waals surface area (Å²) in [6.45, 7) is 7.34. The number of nitrogens with zero attached hydrogens (tertiary/aromatic N) is 4. The summed E-state index contributed by atoms with van der Waals surface area (Å²) in [6.07, 6.45) is 6.53. The monoisotopic (exact) mass is 439 g/mol. The Hall–Kier alpha value is -3.59. The first-order valence-corrected chi connectivity index (χ1v) is 10.3. The number of halogens is 1. The summed E-state index contributed by atoms with van der Waals surface area (Å²) < 4.78 is 14.9. The Morgan fingerprint density at radius 2 is 2.00 bits per heavy atom. The zero-order valence-electron chi connectivity index (χ0n) is 17.4. The second-order valence-electron chi connectivity index (χ2n) is 6.61. The molecule has 160 valence electrons. The minimum absolute atomic E-state index is 0.115. The average molecular weight is 440 g/mol. The number of benzene rings is 1. The third kappa shape index (κ3) is 4.77. The minimum Gasteiger partial charge on any atom is -0.347 e. The van der Waals surface area contributed by atoms with Gasteiger partial charge in [0.25, 0.3) is 5.91 Å². The number of allylic oxidation sites excluding steroid dienone is 1. The molecule has 2 heterocycles. The molecule has 0 atom stereocenters. The van der Waals surface area contributed by atoms with Crippen LogP contribution in [0.4, 0.5) is 9.52 Å². The van der Waals surface area contributed by atoms with Gasteiger partial charge in [-0.15, -0.1) is 0 Å².